The summed E-state index contributed by atoms with van der Waals surface area (Å²) in [5, 5.41) is 8.99. The number of rotatable bonds is 6. The fraction of sp³-hybridized carbons (Fsp3) is 0.500. The molecule has 84 valence electrons. The number of aliphatic hydroxyl groups excluding tert-OH is 1. The largest absolute Gasteiger partial charge is 0.395 e. The van der Waals surface area contributed by atoms with Crippen LogP contribution in [0.5, 0.6) is 0 Å². The lowest BCUT2D eigenvalue weighted by Crippen LogP contribution is -2.34. The van der Waals surface area contributed by atoms with E-state index in [1.807, 2.05) is 6.07 Å². The molecule has 0 saturated carbocycles. The van der Waals surface area contributed by atoms with Gasteiger partial charge in [0.05, 0.1) is 18.3 Å². The fourth-order valence-corrected chi connectivity index (χ4v) is 1.21. The van der Waals surface area contributed by atoms with E-state index in [-0.39, 0.29) is 13.4 Å². The Kier molecular flexibility index (Phi) is 5.20. The molecule has 5 heteroatoms. The minimum Gasteiger partial charge on any atom is -0.395 e. The highest BCUT2D eigenvalue weighted by Crippen LogP contribution is 2.17. The van der Waals surface area contributed by atoms with Crippen molar-refractivity contribution in [2.45, 2.75) is 12.1 Å². The summed E-state index contributed by atoms with van der Waals surface area (Å²) in [5.74, 6) is 0. The number of pyridine rings is 1. The molecule has 1 rings (SSSR count). The Morgan fingerprint density at radius 3 is 2.87 bits per heavy atom. The van der Waals surface area contributed by atoms with Gasteiger partial charge in [0.25, 0.3) is 0 Å². The maximum atomic E-state index is 8.99. The predicted molar refractivity (Wildman–Crippen MR) is 55.0 cm³/mol. The summed E-state index contributed by atoms with van der Waals surface area (Å²) in [7, 11) is 1.53. The first-order valence-corrected chi connectivity index (χ1v) is 4.67. The standard InChI is InChI=1S/C10H16N2O3/c1-14-7-15-10(8(11)6-13)9-4-2-3-5-12-9/h2-5,8,10,13H,6-7,11H2,1H3. The van der Waals surface area contributed by atoms with Crippen molar-refractivity contribution in [3.05, 3.63) is 30.1 Å². The fourth-order valence-electron chi connectivity index (χ4n) is 1.21. The Morgan fingerprint density at radius 1 is 1.53 bits per heavy atom. The topological polar surface area (TPSA) is 77.6 Å². The molecule has 2 atom stereocenters. The van der Waals surface area contributed by atoms with Crippen LogP contribution in [0.4, 0.5) is 0 Å². The van der Waals surface area contributed by atoms with Crippen LogP contribution < -0.4 is 5.73 Å². The molecule has 0 aliphatic rings. The molecule has 0 fully saturated rings. The van der Waals surface area contributed by atoms with Crippen molar-refractivity contribution in [1.82, 2.24) is 4.98 Å². The van der Waals surface area contributed by atoms with Gasteiger partial charge in [0, 0.05) is 13.3 Å². The Bertz CT molecular complexity index is 269. The molecule has 0 spiro atoms. The van der Waals surface area contributed by atoms with Crippen molar-refractivity contribution < 1.29 is 14.6 Å². The maximum Gasteiger partial charge on any atom is 0.147 e. The monoisotopic (exact) mass is 212 g/mol. The highest BCUT2D eigenvalue weighted by Gasteiger charge is 2.20. The van der Waals surface area contributed by atoms with Crippen LogP contribution in [0.3, 0.4) is 0 Å². The van der Waals surface area contributed by atoms with Crippen molar-refractivity contribution in [3.8, 4) is 0 Å². The van der Waals surface area contributed by atoms with E-state index in [1.165, 1.54) is 7.11 Å². The van der Waals surface area contributed by atoms with Gasteiger partial charge in [-0.25, -0.2) is 0 Å². The molecule has 0 aliphatic carbocycles. The third-order valence-corrected chi connectivity index (χ3v) is 1.94. The zero-order valence-corrected chi connectivity index (χ0v) is 8.67. The minimum absolute atomic E-state index is 0.120. The van der Waals surface area contributed by atoms with Gasteiger partial charge < -0.3 is 20.3 Å². The number of nitrogens with two attached hydrogens (primary N) is 1. The molecule has 5 nitrogen and oxygen atoms in total. The van der Waals surface area contributed by atoms with Crippen LogP contribution in [0.25, 0.3) is 0 Å². The maximum absolute atomic E-state index is 8.99. The van der Waals surface area contributed by atoms with E-state index in [0.717, 1.165) is 0 Å². The third kappa shape index (κ3) is 3.56. The van der Waals surface area contributed by atoms with Crippen LogP contribution in [0.15, 0.2) is 24.4 Å². The summed E-state index contributed by atoms with van der Waals surface area (Å²) in [5.41, 5.74) is 6.41. The first-order chi connectivity index (χ1) is 7.29. The van der Waals surface area contributed by atoms with Crippen LogP contribution >= 0.6 is 0 Å². The predicted octanol–water partition coefficient (Wildman–Crippen LogP) is 0.0628. The zero-order valence-electron chi connectivity index (χ0n) is 8.67. The van der Waals surface area contributed by atoms with Crippen molar-refractivity contribution >= 4 is 0 Å². The molecule has 3 N–H and O–H groups in total. The molecular formula is C10H16N2O3. The summed E-state index contributed by atoms with van der Waals surface area (Å²) in [6.07, 6.45) is 1.21. The first kappa shape index (κ1) is 12.1. The van der Waals surface area contributed by atoms with Crippen LogP contribution in [0.2, 0.25) is 0 Å². The molecule has 0 bridgehead atoms. The highest BCUT2D eigenvalue weighted by atomic mass is 16.7. The molecule has 0 aromatic carbocycles. The average molecular weight is 212 g/mol. The van der Waals surface area contributed by atoms with Crippen molar-refractivity contribution in [1.29, 1.82) is 0 Å². The van der Waals surface area contributed by atoms with Gasteiger partial charge in [-0.3, -0.25) is 4.98 Å². The third-order valence-electron chi connectivity index (χ3n) is 1.94. The van der Waals surface area contributed by atoms with E-state index < -0.39 is 12.1 Å². The molecular weight excluding hydrogens is 196 g/mol. The van der Waals surface area contributed by atoms with E-state index in [0.29, 0.717) is 5.69 Å². The normalized spacial score (nSPS) is 14.9. The molecule has 0 radical (unpaired) electrons. The minimum atomic E-state index is -0.505. The lowest BCUT2D eigenvalue weighted by atomic mass is 10.1. The Morgan fingerprint density at radius 2 is 2.33 bits per heavy atom. The Labute approximate surface area is 88.8 Å². The van der Waals surface area contributed by atoms with Crippen LogP contribution in [-0.2, 0) is 9.47 Å². The first-order valence-electron chi connectivity index (χ1n) is 4.67. The molecule has 15 heavy (non-hydrogen) atoms. The van der Waals surface area contributed by atoms with Crippen LogP contribution in [-0.4, -0.2) is 36.6 Å². The van der Waals surface area contributed by atoms with Gasteiger partial charge in [0.15, 0.2) is 0 Å². The van der Waals surface area contributed by atoms with E-state index in [4.69, 9.17) is 20.3 Å². The van der Waals surface area contributed by atoms with Gasteiger partial charge in [0.1, 0.15) is 12.9 Å². The Balaban J connectivity index is 2.72. The average Bonchev–Trinajstić information content (AvgIpc) is 2.30. The lowest BCUT2D eigenvalue weighted by Gasteiger charge is -2.21. The van der Waals surface area contributed by atoms with E-state index >= 15 is 0 Å². The number of hydrogen-bond donors (Lipinski definition) is 2. The molecule has 1 aromatic heterocycles. The van der Waals surface area contributed by atoms with Gasteiger partial charge >= 0.3 is 0 Å². The lowest BCUT2D eigenvalue weighted by molar-refractivity contribution is -0.0872. The summed E-state index contributed by atoms with van der Waals surface area (Å²) >= 11 is 0. The molecule has 0 aliphatic heterocycles. The summed E-state index contributed by atoms with van der Waals surface area (Å²) in [4.78, 5) is 4.13. The second-order valence-electron chi connectivity index (χ2n) is 3.09. The van der Waals surface area contributed by atoms with Crippen LogP contribution in [0, 0.1) is 0 Å². The number of hydrogen-bond acceptors (Lipinski definition) is 5. The summed E-state index contributed by atoms with van der Waals surface area (Å²) in [6, 6.07) is 4.95. The van der Waals surface area contributed by atoms with Gasteiger partial charge in [-0.2, -0.15) is 0 Å². The van der Waals surface area contributed by atoms with Crippen molar-refractivity contribution in [2.75, 3.05) is 20.5 Å². The molecule has 1 heterocycles. The van der Waals surface area contributed by atoms with E-state index in [9.17, 15) is 0 Å². The number of aromatic nitrogens is 1. The summed E-state index contributed by atoms with van der Waals surface area (Å²) in [6.45, 7) is -0.0418. The number of aliphatic hydroxyl groups is 1. The quantitative estimate of drug-likeness (QED) is 0.652. The SMILES string of the molecule is COCOC(c1ccccn1)C(N)CO. The highest BCUT2D eigenvalue weighted by molar-refractivity contribution is 5.09. The smallest absolute Gasteiger partial charge is 0.147 e. The van der Waals surface area contributed by atoms with Gasteiger partial charge in [0.2, 0.25) is 0 Å². The van der Waals surface area contributed by atoms with Crippen LogP contribution in [0.1, 0.15) is 11.8 Å². The second kappa shape index (κ2) is 6.47. The van der Waals surface area contributed by atoms with Gasteiger partial charge in [-0.15, -0.1) is 0 Å². The van der Waals surface area contributed by atoms with E-state index in [1.54, 1.807) is 18.3 Å². The molecule has 0 saturated heterocycles. The molecule has 0 amide bonds. The number of methoxy groups -OCH3 is 1. The second-order valence-corrected chi connectivity index (χ2v) is 3.09. The van der Waals surface area contributed by atoms with Gasteiger partial charge in [-0.05, 0) is 12.1 Å². The Hall–Kier alpha value is -1.01. The number of ether oxygens (including phenoxy) is 2. The summed E-state index contributed by atoms with van der Waals surface area (Å²) < 4.78 is 10.2. The van der Waals surface area contributed by atoms with E-state index in [2.05, 4.69) is 4.98 Å². The van der Waals surface area contributed by atoms with Crippen molar-refractivity contribution in [2.24, 2.45) is 5.73 Å². The molecule has 1 aromatic rings. The van der Waals surface area contributed by atoms with Crippen molar-refractivity contribution in [3.63, 3.8) is 0 Å². The van der Waals surface area contributed by atoms with Gasteiger partial charge in [-0.1, -0.05) is 6.07 Å². The molecule has 2 unspecified atom stereocenters. The zero-order chi connectivity index (χ0) is 11.1. The number of nitrogens with zero attached hydrogens (tertiary/aromatic N) is 1.